The molecule has 14 heavy (non-hydrogen) atoms. The predicted molar refractivity (Wildman–Crippen MR) is 49.5 cm³/mol. The zero-order valence-corrected chi connectivity index (χ0v) is 7.95. The van der Waals surface area contributed by atoms with Gasteiger partial charge in [-0.2, -0.15) is 0 Å². The molecule has 1 aromatic carbocycles. The third-order valence-electron chi connectivity index (χ3n) is 1.85. The summed E-state index contributed by atoms with van der Waals surface area (Å²) >= 11 is 5.56. The van der Waals surface area contributed by atoms with Crippen LogP contribution in [0.5, 0.6) is 0 Å². The van der Waals surface area contributed by atoms with E-state index in [0.29, 0.717) is 0 Å². The summed E-state index contributed by atoms with van der Waals surface area (Å²) in [5.74, 6) is -0.673. The van der Waals surface area contributed by atoms with Crippen molar-refractivity contribution < 1.29 is 19.7 Å². The lowest BCUT2D eigenvalue weighted by atomic mass is 10.0. The van der Waals surface area contributed by atoms with Crippen LogP contribution in [0.1, 0.15) is 11.7 Å². The van der Waals surface area contributed by atoms with Crippen LogP contribution < -0.4 is 0 Å². The SMILES string of the molecule is OCC(O)C(O)c1cccc(F)c1Cl. The fraction of sp³-hybridized carbons (Fsp3) is 0.333. The van der Waals surface area contributed by atoms with Crippen LogP contribution in [0.2, 0.25) is 5.02 Å². The molecule has 0 fully saturated rings. The zero-order chi connectivity index (χ0) is 10.7. The molecule has 0 saturated heterocycles. The Kier molecular flexibility index (Phi) is 3.83. The summed E-state index contributed by atoms with van der Waals surface area (Å²) in [5.41, 5.74) is 0.0632. The minimum atomic E-state index is -1.39. The van der Waals surface area contributed by atoms with E-state index in [9.17, 15) is 9.50 Å². The molecule has 78 valence electrons. The van der Waals surface area contributed by atoms with E-state index in [4.69, 9.17) is 21.8 Å². The first-order valence-corrected chi connectivity index (χ1v) is 4.36. The van der Waals surface area contributed by atoms with Crippen molar-refractivity contribution in [3.05, 3.63) is 34.6 Å². The maximum Gasteiger partial charge on any atom is 0.142 e. The van der Waals surface area contributed by atoms with E-state index in [1.54, 1.807) is 0 Å². The van der Waals surface area contributed by atoms with Crippen LogP contribution in [-0.2, 0) is 0 Å². The number of hydrogen-bond donors (Lipinski definition) is 3. The number of halogens is 2. The summed E-state index contributed by atoms with van der Waals surface area (Å²) < 4.78 is 12.9. The molecule has 0 bridgehead atoms. The van der Waals surface area contributed by atoms with Gasteiger partial charge in [-0.05, 0) is 6.07 Å². The van der Waals surface area contributed by atoms with Crippen molar-refractivity contribution in [3.63, 3.8) is 0 Å². The minimum Gasteiger partial charge on any atom is -0.394 e. The van der Waals surface area contributed by atoms with Crippen LogP contribution in [0.4, 0.5) is 4.39 Å². The summed E-state index contributed by atoms with van der Waals surface area (Å²) in [6, 6.07) is 3.89. The first kappa shape index (κ1) is 11.4. The molecule has 0 heterocycles. The molecule has 3 N–H and O–H groups in total. The first-order chi connectivity index (χ1) is 6.57. The molecule has 2 atom stereocenters. The molecule has 0 aliphatic carbocycles. The Morgan fingerprint density at radius 2 is 2.00 bits per heavy atom. The van der Waals surface area contributed by atoms with Gasteiger partial charge in [-0.1, -0.05) is 23.7 Å². The van der Waals surface area contributed by atoms with Crippen molar-refractivity contribution in [1.82, 2.24) is 0 Å². The molecule has 3 nitrogen and oxygen atoms in total. The molecule has 0 aromatic heterocycles. The second kappa shape index (κ2) is 4.70. The second-order valence-electron chi connectivity index (χ2n) is 2.84. The molecule has 5 heteroatoms. The molecule has 0 saturated carbocycles. The monoisotopic (exact) mass is 220 g/mol. The van der Waals surface area contributed by atoms with Crippen LogP contribution >= 0.6 is 11.6 Å². The van der Waals surface area contributed by atoms with Gasteiger partial charge in [0.15, 0.2) is 0 Å². The van der Waals surface area contributed by atoms with E-state index in [0.717, 1.165) is 6.07 Å². The van der Waals surface area contributed by atoms with Crippen molar-refractivity contribution in [2.75, 3.05) is 6.61 Å². The third-order valence-corrected chi connectivity index (χ3v) is 2.25. The summed E-state index contributed by atoms with van der Waals surface area (Å²) in [4.78, 5) is 0. The van der Waals surface area contributed by atoms with E-state index in [1.807, 2.05) is 0 Å². The number of hydrogen-bond acceptors (Lipinski definition) is 3. The van der Waals surface area contributed by atoms with Gasteiger partial charge in [0, 0.05) is 5.56 Å². The van der Waals surface area contributed by atoms with Gasteiger partial charge < -0.3 is 15.3 Å². The Labute approximate surface area is 85.4 Å². The maximum absolute atomic E-state index is 12.9. The summed E-state index contributed by atoms with van der Waals surface area (Å²) in [6.07, 6.45) is -2.75. The number of aliphatic hydroxyl groups excluding tert-OH is 3. The highest BCUT2D eigenvalue weighted by Gasteiger charge is 2.21. The van der Waals surface area contributed by atoms with Crippen molar-refractivity contribution >= 4 is 11.6 Å². The van der Waals surface area contributed by atoms with Crippen LogP contribution in [0.25, 0.3) is 0 Å². The normalized spacial score (nSPS) is 15.2. The van der Waals surface area contributed by atoms with Crippen molar-refractivity contribution in [3.8, 4) is 0 Å². The number of rotatable bonds is 3. The molecule has 0 aliphatic heterocycles. The molecule has 0 spiro atoms. The second-order valence-corrected chi connectivity index (χ2v) is 3.22. The van der Waals surface area contributed by atoms with Gasteiger partial charge in [-0.3, -0.25) is 0 Å². The van der Waals surface area contributed by atoms with Gasteiger partial charge in [-0.25, -0.2) is 4.39 Å². The third kappa shape index (κ3) is 2.22. The summed E-state index contributed by atoms with van der Waals surface area (Å²) in [6.45, 7) is -0.617. The van der Waals surface area contributed by atoms with E-state index in [-0.39, 0.29) is 10.6 Å². The molecule has 2 unspecified atom stereocenters. The van der Waals surface area contributed by atoms with Crippen LogP contribution in [0, 0.1) is 5.82 Å². The number of benzene rings is 1. The van der Waals surface area contributed by atoms with E-state index < -0.39 is 24.6 Å². The minimum absolute atomic E-state index is 0.0632. The predicted octanol–water partition coefficient (Wildman–Crippen LogP) is 0.866. The summed E-state index contributed by atoms with van der Waals surface area (Å²) in [5, 5.41) is 26.9. The van der Waals surface area contributed by atoms with Gasteiger partial charge in [0.1, 0.15) is 18.0 Å². The zero-order valence-electron chi connectivity index (χ0n) is 7.19. The van der Waals surface area contributed by atoms with Crippen LogP contribution in [0.15, 0.2) is 18.2 Å². The molecular weight excluding hydrogens is 211 g/mol. The van der Waals surface area contributed by atoms with Gasteiger partial charge >= 0.3 is 0 Å². The molecule has 0 radical (unpaired) electrons. The summed E-state index contributed by atoms with van der Waals surface area (Å²) in [7, 11) is 0. The van der Waals surface area contributed by atoms with Crippen molar-refractivity contribution in [2.45, 2.75) is 12.2 Å². The smallest absolute Gasteiger partial charge is 0.142 e. The van der Waals surface area contributed by atoms with Gasteiger partial charge in [-0.15, -0.1) is 0 Å². The average Bonchev–Trinajstić information content (AvgIpc) is 2.20. The standard InChI is InChI=1S/C9H10ClFO3/c10-8-5(2-1-3-6(8)11)9(14)7(13)4-12/h1-3,7,9,12-14H,4H2. The largest absolute Gasteiger partial charge is 0.394 e. The Morgan fingerprint density at radius 1 is 1.36 bits per heavy atom. The molecular formula is C9H10ClFO3. The molecule has 1 aromatic rings. The highest BCUT2D eigenvalue weighted by Crippen LogP contribution is 2.27. The van der Waals surface area contributed by atoms with Gasteiger partial charge in [0.25, 0.3) is 0 Å². The topological polar surface area (TPSA) is 60.7 Å². The quantitative estimate of drug-likeness (QED) is 0.708. The van der Waals surface area contributed by atoms with Crippen LogP contribution in [-0.4, -0.2) is 28.0 Å². The highest BCUT2D eigenvalue weighted by atomic mass is 35.5. The Morgan fingerprint density at radius 3 is 2.57 bits per heavy atom. The Hall–Kier alpha value is -0.680. The Balaban J connectivity index is 3.01. The van der Waals surface area contributed by atoms with Crippen LogP contribution in [0.3, 0.4) is 0 Å². The number of aliphatic hydroxyl groups is 3. The van der Waals surface area contributed by atoms with Gasteiger partial charge in [0.05, 0.1) is 11.6 Å². The molecule has 0 aliphatic rings. The van der Waals surface area contributed by atoms with E-state index in [2.05, 4.69) is 0 Å². The Bertz CT molecular complexity index is 319. The maximum atomic E-state index is 12.9. The fourth-order valence-corrected chi connectivity index (χ4v) is 1.29. The average molecular weight is 221 g/mol. The van der Waals surface area contributed by atoms with Crippen molar-refractivity contribution in [1.29, 1.82) is 0 Å². The lowest BCUT2D eigenvalue weighted by Crippen LogP contribution is -2.22. The fourth-order valence-electron chi connectivity index (χ4n) is 1.06. The molecule has 1 rings (SSSR count). The first-order valence-electron chi connectivity index (χ1n) is 3.98. The van der Waals surface area contributed by atoms with Gasteiger partial charge in [0.2, 0.25) is 0 Å². The highest BCUT2D eigenvalue weighted by molar-refractivity contribution is 6.31. The van der Waals surface area contributed by atoms with E-state index >= 15 is 0 Å². The van der Waals surface area contributed by atoms with E-state index in [1.165, 1.54) is 12.1 Å². The molecule has 0 amide bonds. The lowest BCUT2D eigenvalue weighted by Gasteiger charge is -2.17. The lowest BCUT2D eigenvalue weighted by molar-refractivity contribution is -0.0153. The van der Waals surface area contributed by atoms with Crippen molar-refractivity contribution in [2.24, 2.45) is 0 Å².